The number of benzene rings is 5. The van der Waals surface area contributed by atoms with E-state index in [1.165, 1.54) is 19.2 Å². The number of amides is 2. The first-order valence-electron chi connectivity index (χ1n) is 25.7. The number of rotatable bonds is 23. The van der Waals surface area contributed by atoms with Crippen LogP contribution in [-0.2, 0) is 45.1 Å². The number of anilines is 4. The zero-order valence-corrected chi connectivity index (χ0v) is 43.3. The summed E-state index contributed by atoms with van der Waals surface area (Å²) in [7, 11) is 4.69. The summed E-state index contributed by atoms with van der Waals surface area (Å²) in [5.41, 5.74) is 8.27. The van der Waals surface area contributed by atoms with Crippen LogP contribution >= 0.6 is 0 Å². The number of hydrogen-bond acceptors (Lipinski definition) is 16. The highest BCUT2D eigenvalue weighted by atomic mass is 16.7. The van der Waals surface area contributed by atoms with E-state index in [4.69, 9.17) is 43.0 Å². The molecule has 77 heavy (non-hydrogen) atoms. The quantitative estimate of drug-likeness (QED) is 0.0527. The van der Waals surface area contributed by atoms with Crippen molar-refractivity contribution in [3.8, 4) is 34.8 Å². The predicted octanol–water partition coefficient (Wildman–Crippen LogP) is 7.67. The zero-order chi connectivity index (χ0) is 53.4. The van der Waals surface area contributed by atoms with Gasteiger partial charge in [-0.1, -0.05) is 36.4 Å². The summed E-state index contributed by atoms with van der Waals surface area (Å²) in [5, 5.41) is 23.7. The van der Waals surface area contributed by atoms with E-state index in [0.717, 1.165) is 52.2 Å². The van der Waals surface area contributed by atoms with Crippen molar-refractivity contribution in [1.82, 2.24) is 4.73 Å². The third-order valence-electron chi connectivity index (χ3n) is 14.0. The number of methoxy groups -OCH3 is 3. The highest BCUT2D eigenvalue weighted by molar-refractivity contribution is 6.15. The molecule has 4 aliphatic heterocycles. The largest absolute Gasteiger partial charge is 0.493 e. The maximum Gasteiger partial charge on any atom is 0.333 e. The van der Waals surface area contributed by atoms with Gasteiger partial charge in [-0.2, -0.15) is 0 Å². The van der Waals surface area contributed by atoms with Crippen LogP contribution < -0.4 is 43.8 Å². The second-order valence-electron chi connectivity index (χ2n) is 19.0. The molecule has 0 aliphatic carbocycles. The molecule has 2 atom stereocenters. The van der Waals surface area contributed by atoms with E-state index < -0.39 is 17.7 Å². The van der Waals surface area contributed by atoms with Gasteiger partial charge < -0.3 is 63.3 Å². The number of aromatic hydroxyl groups is 2. The average molecular weight is 1050 g/mol. The number of para-hydroxylation sites is 2. The van der Waals surface area contributed by atoms with Crippen molar-refractivity contribution in [3.05, 3.63) is 137 Å². The zero-order valence-electron chi connectivity index (χ0n) is 43.3. The van der Waals surface area contributed by atoms with E-state index in [1.54, 1.807) is 37.3 Å². The molecule has 0 spiro atoms. The Morgan fingerprint density at radius 1 is 0.688 bits per heavy atom. The third kappa shape index (κ3) is 11.5. The lowest BCUT2D eigenvalue weighted by molar-refractivity contribution is -0.145. The van der Waals surface area contributed by atoms with Crippen LogP contribution in [0.2, 0.25) is 0 Å². The Kier molecular flexibility index (Phi) is 16.1. The van der Waals surface area contributed by atoms with E-state index >= 15 is 0 Å². The van der Waals surface area contributed by atoms with E-state index in [-0.39, 0.29) is 43.5 Å². The van der Waals surface area contributed by atoms with Gasteiger partial charge in [0, 0.05) is 93.2 Å². The van der Waals surface area contributed by atoms with E-state index in [2.05, 4.69) is 16.3 Å². The Bertz CT molecular complexity index is 3140. The molecule has 6 aromatic rings. The molecule has 19 nitrogen and oxygen atoms in total. The molecule has 0 radical (unpaired) electrons. The van der Waals surface area contributed by atoms with Crippen molar-refractivity contribution < 1.29 is 62.6 Å². The van der Waals surface area contributed by atoms with Crippen LogP contribution in [0, 0.1) is 0 Å². The van der Waals surface area contributed by atoms with Crippen molar-refractivity contribution in [1.29, 1.82) is 0 Å². The Hall–Kier alpha value is -8.26. The Morgan fingerprint density at radius 2 is 1.31 bits per heavy atom. The maximum atomic E-state index is 14.4. The predicted molar refractivity (Wildman–Crippen MR) is 288 cm³/mol. The molecule has 0 saturated carbocycles. The van der Waals surface area contributed by atoms with Gasteiger partial charge in [-0.3, -0.25) is 19.5 Å². The molecule has 0 bridgehead atoms. The molecule has 0 fully saturated rings. The summed E-state index contributed by atoms with van der Waals surface area (Å²) in [6.07, 6.45) is 4.31. The van der Waals surface area contributed by atoms with Gasteiger partial charge in [0.25, 0.3) is 11.8 Å². The second-order valence-corrected chi connectivity index (χ2v) is 19.0. The van der Waals surface area contributed by atoms with Gasteiger partial charge in [-0.25, -0.2) is 4.79 Å². The Morgan fingerprint density at radius 3 is 2.01 bits per heavy atom. The first-order chi connectivity index (χ1) is 37.6. The molecule has 10 rings (SSSR count). The molecule has 0 saturated heterocycles. The van der Waals surface area contributed by atoms with Crippen LogP contribution in [0.1, 0.15) is 62.2 Å². The van der Waals surface area contributed by atoms with Gasteiger partial charge in [0.1, 0.15) is 13.2 Å². The Labute approximate surface area is 446 Å². The first-order valence-corrected chi connectivity index (χ1v) is 25.7. The molecule has 4 aliphatic rings. The monoisotopic (exact) mass is 1050 g/mol. The molecular weight excluding hydrogens is 989 g/mol. The fourth-order valence-corrected chi connectivity index (χ4v) is 10.3. The van der Waals surface area contributed by atoms with Gasteiger partial charge in [0.15, 0.2) is 23.0 Å². The molecule has 19 heteroatoms. The summed E-state index contributed by atoms with van der Waals surface area (Å²) in [6.45, 7) is 3.50. The molecule has 5 aromatic carbocycles. The number of aliphatic imine (C=N–C) groups is 1. The first kappa shape index (κ1) is 52.2. The standard InChI is InChI=1S/C58H62N6O13/c1-70-21-22-74-24-23-73-20-19-61(18-8-13-56(67)77-64-54(65)14-15-55(64)66)42-26-37(35-75-52-32-46-44(30-50(52)71-2)57(68)62-41(16-17-59-46)28-39-9-4-6-11-48(39)62)25-38(27-42)36-76-53-33-47-45(31-51(53)72-3)58(69)63-43(34-60-47)29-40-10-5-7-12-49(40)63/h4-7,9-12,14-15,25-27,30-34,41,43,59,65-66H,8,13,16-24,28-29,35-36H2,1-3H3. The molecular formula is C58H62N6O13. The summed E-state index contributed by atoms with van der Waals surface area (Å²) < 4.78 is 42.3. The number of aromatic nitrogens is 1. The van der Waals surface area contributed by atoms with Crippen LogP contribution in [0.3, 0.4) is 0 Å². The molecule has 402 valence electrons. The fraction of sp³-hybridized carbons (Fsp3) is 0.345. The number of hydrogen-bond donors (Lipinski definition) is 3. The van der Waals surface area contributed by atoms with Gasteiger partial charge in [0.2, 0.25) is 11.8 Å². The topological polar surface area (TPSA) is 205 Å². The number of carbonyl (C=O) groups excluding carboxylic acids is 3. The van der Waals surface area contributed by atoms with E-state index in [9.17, 15) is 24.6 Å². The average Bonchev–Trinajstić information content (AvgIpc) is 4.11. The fourth-order valence-electron chi connectivity index (χ4n) is 10.3. The van der Waals surface area contributed by atoms with Crippen LogP contribution in [0.15, 0.2) is 108 Å². The van der Waals surface area contributed by atoms with Crippen molar-refractivity contribution in [2.75, 3.05) is 94.0 Å². The van der Waals surface area contributed by atoms with E-state index in [1.807, 2.05) is 77.8 Å². The van der Waals surface area contributed by atoms with Crippen LogP contribution in [0.4, 0.5) is 28.4 Å². The minimum absolute atomic E-state index is 0.0361. The number of carbonyl (C=O) groups is 3. The summed E-state index contributed by atoms with van der Waals surface area (Å²) >= 11 is 0. The molecule has 1 aromatic heterocycles. The lowest BCUT2D eigenvalue weighted by Crippen LogP contribution is -2.40. The maximum absolute atomic E-state index is 14.4. The van der Waals surface area contributed by atoms with Gasteiger partial charge in [0.05, 0.1) is 75.8 Å². The van der Waals surface area contributed by atoms with E-state index in [0.29, 0.717) is 116 Å². The normalized spacial score (nSPS) is 15.9. The number of ether oxygens (including phenoxy) is 7. The number of nitrogens with zero attached hydrogens (tertiary/aromatic N) is 5. The molecule has 2 unspecified atom stereocenters. The summed E-state index contributed by atoms with van der Waals surface area (Å²) in [6, 6.07) is 31.1. The molecule has 3 N–H and O–H groups in total. The number of fused-ring (bicyclic) bond motifs is 8. The smallest absolute Gasteiger partial charge is 0.333 e. The summed E-state index contributed by atoms with van der Waals surface area (Å²) in [4.78, 5) is 57.4. The van der Waals surface area contributed by atoms with Gasteiger partial charge in [-0.05, 0) is 84.0 Å². The van der Waals surface area contributed by atoms with Crippen molar-refractivity contribution in [2.45, 2.75) is 57.4 Å². The van der Waals surface area contributed by atoms with Crippen molar-refractivity contribution >= 4 is 52.4 Å². The third-order valence-corrected chi connectivity index (χ3v) is 14.0. The molecule has 2 amide bonds. The van der Waals surface area contributed by atoms with Crippen LogP contribution in [0.25, 0.3) is 0 Å². The number of nitrogens with one attached hydrogen (secondary N) is 1. The highest BCUT2D eigenvalue weighted by Gasteiger charge is 2.38. The van der Waals surface area contributed by atoms with Crippen molar-refractivity contribution in [3.63, 3.8) is 0 Å². The van der Waals surface area contributed by atoms with Gasteiger partial charge in [-0.15, -0.1) is 4.73 Å². The lowest BCUT2D eigenvalue weighted by Gasteiger charge is -2.30. The molecule has 5 heterocycles. The van der Waals surface area contributed by atoms with Crippen LogP contribution in [-0.4, -0.2) is 125 Å². The van der Waals surface area contributed by atoms with Crippen LogP contribution in [0.5, 0.6) is 34.8 Å². The van der Waals surface area contributed by atoms with Crippen molar-refractivity contribution in [2.24, 2.45) is 4.99 Å². The SMILES string of the molecule is COCCOCCOCCN(CCCC(=O)On1c(O)ccc1O)c1cc(COc2cc3c(cc2OC)C(=O)N2c4ccccc4CC2C=N3)cc(COc2cc3c(cc2OC)C(=O)N2c4ccccc4CC2CCN3)c1. The van der Waals surface area contributed by atoms with Gasteiger partial charge >= 0.3 is 5.97 Å². The minimum atomic E-state index is -0.662. The second kappa shape index (κ2) is 23.7. The Balaban J connectivity index is 0.932. The minimum Gasteiger partial charge on any atom is -0.493 e. The summed E-state index contributed by atoms with van der Waals surface area (Å²) in [5.74, 6) is -0.222. The lowest BCUT2D eigenvalue weighted by atomic mass is 10.0. The highest BCUT2D eigenvalue weighted by Crippen LogP contribution is 2.43.